The summed E-state index contributed by atoms with van der Waals surface area (Å²) in [6.07, 6.45) is -1.40. The number of benzene rings is 1. The Morgan fingerprint density at radius 3 is 2.46 bits per heavy atom. The second kappa shape index (κ2) is 8.22. The predicted octanol–water partition coefficient (Wildman–Crippen LogP) is 2.38. The lowest BCUT2D eigenvalue weighted by atomic mass is 10.1. The molecule has 144 valence electrons. The molecule has 26 heavy (non-hydrogen) atoms. The minimum absolute atomic E-state index is 0.0387. The van der Waals surface area contributed by atoms with Gasteiger partial charge in [0.2, 0.25) is 5.91 Å². The highest BCUT2D eigenvalue weighted by Gasteiger charge is 2.34. The van der Waals surface area contributed by atoms with Gasteiger partial charge >= 0.3 is 6.18 Å². The van der Waals surface area contributed by atoms with Gasteiger partial charge in [-0.2, -0.15) is 13.2 Å². The van der Waals surface area contributed by atoms with E-state index in [-0.39, 0.29) is 24.7 Å². The summed E-state index contributed by atoms with van der Waals surface area (Å²) in [6, 6.07) is 4.00. The third kappa shape index (κ3) is 5.57. The molecule has 1 aliphatic rings. The molecule has 0 radical (unpaired) electrons. The van der Waals surface area contributed by atoms with Gasteiger partial charge < -0.3 is 9.64 Å². The topological polar surface area (TPSA) is 63.7 Å². The van der Waals surface area contributed by atoms with Gasteiger partial charge in [0.1, 0.15) is 0 Å². The van der Waals surface area contributed by atoms with Gasteiger partial charge in [-0.1, -0.05) is 12.1 Å². The van der Waals surface area contributed by atoms with E-state index in [0.29, 0.717) is 12.0 Å². The van der Waals surface area contributed by atoms with Crippen LogP contribution in [0.4, 0.5) is 13.2 Å². The Kier molecular flexibility index (Phi) is 6.46. The SMILES string of the molecule is COCCN(C(=O)/C=C/c1ccc(C(F)(F)F)cc1)C1CCS(=O)(=O)C1. The van der Waals surface area contributed by atoms with Crippen LogP contribution in [0.1, 0.15) is 17.5 Å². The molecule has 0 aromatic heterocycles. The summed E-state index contributed by atoms with van der Waals surface area (Å²) in [5.74, 6) is -0.447. The molecule has 9 heteroatoms. The zero-order valence-corrected chi connectivity index (χ0v) is 15.0. The summed E-state index contributed by atoms with van der Waals surface area (Å²) in [5, 5.41) is 0. The lowest BCUT2D eigenvalue weighted by Crippen LogP contribution is -2.42. The van der Waals surface area contributed by atoms with Crippen LogP contribution < -0.4 is 0 Å². The van der Waals surface area contributed by atoms with E-state index in [0.717, 1.165) is 12.1 Å². The quantitative estimate of drug-likeness (QED) is 0.699. The number of carbonyl (C=O) groups is 1. The molecule has 1 unspecified atom stereocenters. The number of halogens is 3. The van der Waals surface area contributed by atoms with E-state index < -0.39 is 33.5 Å². The molecule has 1 aromatic carbocycles. The van der Waals surface area contributed by atoms with E-state index in [1.54, 1.807) is 0 Å². The molecule has 1 saturated heterocycles. The summed E-state index contributed by atoms with van der Waals surface area (Å²) in [4.78, 5) is 13.9. The number of ether oxygens (including phenoxy) is 1. The van der Waals surface area contributed by atoms with Gasteiger partial charge in [-0.15, -0.1) is 0 Å². The van der Waals surface area contributed by atoms with Crippen molar-refractivity contribution in [3.05, 3.63) is 41.5 Å². The first-order valence-electron chi connectivity index (χ1n) is 7.98. The normalized spacial score (nSPS) is 19.8. The Morgan fingerprint density at radius 1 is 1.31 bits per heavy atom. The first-order valence-corrected chi connectivity index (χ1v) is 9.80. The van der Waals surface area contributed by atoms with Crippen LogP contribution in [0, 0.1) is 0 Å². The molecule has 0 aliphatic carbocycles. The van der Waals surface area contributed by atoms with Gasteiger partial charge in [0.25, 0.3) is 0 Å². The lowest BCUT2D eigenvalue weighted by molar-refractivity contribution is -0.137. The molecule has 2 rings (SSSR count). The molecule has 1 amide bonds. The predicted molar refractivity (Wildman–Crippen MR) is 91.1 cm³/mol. The van der Waals surface area contributed by atoms with Gasteiger partial charge in [0.15, 0.2) is 9.84 Å². The summed E-state index contributed by atoms with van der Waals surface area (Å²) in [6.45, 7) is 0.503. The molecule has 1 fully saturated rings. The van der Waals surface area contributed by atoms with E-state index in [4.69, 9.17) is 4.74 Å². The molecular weight excluding hydrogens is 371 g/mol. The van der Waals surface area contributed by atoms with Gasteiger partial charge in [-0.05, 0) is 30.2 Å². The van der Waals surface area contributed by atoms with Gasteiger partial charge in [0.05, 0.1) is 23.7 Å². The average Bonchev–Trinajstić information content (AvgIpc) is 2.92. The third-order valence-electron chi connectivity index (χ3n) is 4.12. The lowest BCUT2D eigenvalue weighted by Gasteiger charge is -2.26. The fraction of sp³-hybridized carbons (Fsp3) is 0.471. The zero-order chi connectivity index (χ0) is 19.4. The van der Waals surface area contributed by atoms with E-state index in [9.17, 15) is 26.4 Å². The third-order valence-corrected chi connectivity index (χ3v) is 5.88. The molecule has 1 aromatic rings. The molecule has 1 aliphatic heterocycles. The van der Waals surface area contributed by atoms with E-state index in [2.05, 4.69) is 0 Å². The van der Waals surface area contributed by atoms with Crippen molar-refractivity contribution in [3.63, 3.8) is 0 Å². The van der Waals surface area contributed by atoms with Crippen molar-refractivity contribution in [3.8, 4) is 0 Å². The molecule has 0 saturated carbocycles. The minimum Gasteiger partial charge on any atom is -0.383 e. The van der Waals surface area contributed by atoms with E-state index in [1.807, 2.05) is 0 Å². The molecule has 5 nitrogen and oxygen atoms in total. The van der Waals surface area contributed by atoms with Gasteiger partial charge in [0, 0.05) is 25.8 Å². The number of hydrogen-bond acceptors (Lipinski definition) is 4. The Morgan fingerprint density at radius 2 is 1.96 bits per heavy atom. The van der Waals surface area contributed by atoms with Crippen molar-refractivity contribution in [2.75, 3.05) is 31.8 Å². The Bertz CT molecular complexity index is 757. The second-order valence-electron chi connectivity index (χ2n) is 6.03. The van der Waals surface area contributed by atoms with Crippen LogP contribution in [0.3, 0.4) is 0 Å². The standard InChI is InChI=1S/C17H20F3NO4S/c1-25-10-9-21(15-8-11-26(23,24)12-15)16(22)7-4-13-2-5-14(6-3-13)17(18,19)20/h2-7,15H,8-12H2,1H3/b7-4+. The maximum Gasteiger partial charge on any atom is 0.416 e. The minimum atomic E-state index is -4.41. The van der Waals surface area contributed by atoms with Crippen molar-refractivity contribution < 1.29 is 31.1 Å². The van der Waals surface area contributed by atoms with Crippen LogP contribution in [0.2, 0.25) is 0 Å². The number of rotatable bonds is 6. The molecule has 1 atom stereocenters. The van der Waals surface area contributed by atoms with E-state index in [1.165, 1.54) is 36.3 Å². The van der Waals surface area contributed by atoms with Crippen molar-refractivity contribution in [2.45, 2.75) is 18.6 Å². The summed E-state index contributed by atoms with van der Waals surface area (Å²) < 4.78 is 65.9. The second-order valence-corrected chi connectivity index (χ2v) is 8.26. The Balaban J connectivity index is 2.09. The van der Waals surface area contributed by atoms with Crippen molar-refractivity contribution in [1.82, 2.24) is 4.90 Å². The fourth-order valence-corrected chi connectivity index (χ4v) is 4.46. The molecule has 0 bridgehead atoms. The number of carbonyl (C=O) groups excluding carboxylic acids is 1. The van der Waals surface area contributed by atoms with Crippen molar-refractivity contribution in [2.24, 2.45) is 0 Å². The zero-order valence-electron chi connectivity index (χ0n) is 14.2. The molecule has 0 spiro atoms. The van der Waals surface area contributed by atoms with Crippen LogP contribution in [0.5, 0.6) is 0 Å². The van der Waals surface area contributed by atoms with Crippen LogP contribution >= 0.6 is 0 Å². The average molecular weight is 391 g/mol. The van der Waals surface area contributed by atoms with Crippen LogP contribution in [0.15, 0.2) is 30.3 Å². The summed E-state index contributed by atoms with van der Waals surface area (Å²) in [7, 11) is -1.67. The Labute approximate surface area is 150 Å². The molecule has 1 heterocycles. The summed E-state index contributed by atoms with van der Waals surface area (Å²) >= 11 is 0. The largest absolute Gasteiger partial charge is 0.416 e. The number of alkyl halides is 3. The number of methoxy groups -OCH3 is 1. The van der Waals surface area contributed by atoms with Crippen molar-refractivity contribution in [1.29, 1.82) is 0 Å². The fourth-order valence-electron chi connectivity index (χ4n) is 2.73. The smallest absolute Gasteiger partial charge is 0.383 e. The first kappa shape index (κ1) is 20.4. The first-order chi connectivity index (χ1) is 12.1. The monoisotopic (exact) mass is 391 g/mol. The number of nitrogens with zero attached hydrogens (tertiary/aromatic N) is 1. The maximum atomic E-state index is 12.6. The maximum absolute atomic E-state index is 12.6. The van der Waals surface area contributed by atoms with Gasteiger partial charge in [-0.25, -0.2) is 8.42 Å². The molecular formula is C17H20F3NO4S. The highest BCUT2D eigenvalue weighted by atomic mass is 32.2. The highest BCUT2D eigenvalue weighted by Crippen LogP contribution is 2.29. The highest BCUT2D eigenvalue weighted by molar-refractivity contribution is 7.91. The summed E-state index contributed by atoms with van der Waals surface area (Å²) in [5.41, 5.74) is -0.323. The van der Waals surface area contributed by atoms with E-state index >= 15 is 0 Å². The van der Waals surface area contributed by atoms with Crippen LogP contribution in [0.25, 0.3) is 6.08 Å². The van der Waals surface area contributed by atoms with Crippen molar-refractivity contribution >= 4 is 21.8 Å². The van der Waals surface area contributed by atoms with Crippen LogP contribution in [-0.4, -0.2) is 57.0 Å². The van der Waals surface area contributed by atoms with Gasteiger partial charge in [-0.3, -0.25) is 4.79 Å². The van der Waals surface area contributed by atoms with Crippen LogP contribution in [-0.2, 0) is 25.5 Å². The number of amides is 1. The Hall–Kier alpha value is -1.87. The molecule has 0 N–H and O–H groups in total. The number of sulfone groups is 1. The number of hydrogen-bond donors (Lipinski definition) is 0.